The molecule has 1 unspecified atom stereocenters. The van der Waals surface area contributed by atoms with Gasteiger partial charge in [-0.2, -0.15) is 0 Å². The summed E-state index contributed by atoms with van der Waals surface area (Å²) in [5.41, 5.74) is 11.8. The van der Waals surface area contributed by atoms with Crippen molar-refractivity contribution in [1.82, 2.24) is 0 Å². The summed E-state index contributed by atoms with van der Waals surface area (Å²) in [7, 11) is 0. The Kier molecular flexibility index (Phi) is 2.36. The van der Waals surface area contributed by atoms with E-state index in [1.165, 1.54) is 5.56 Å². The standard InChI is InChI=1S/C11H15N3O/c12-10(13)14-7-11(15)6-5-8-3-1-2-4-9(8)11/h1-4,15H,5-7H2,(H4,12,13,14). The molecular formula is C11H15N3O. The first-order valence-electron chi connectivity index (χ1n) is 4.98. The van der Waals surface area contributed by atoms with Gasteiger partial charge in [-0.3, -0.25) is 4.99 Å². The van der Waals surface area contributed by atoms with Crippen LogP contribution in [0.15, 0.2) is 29.3 Å². The highest BCUT2D eigenvalue weighted by molar-refractivity contribution is 5.75. The molecule has 0 aromatic heterocycles. The highest BCUT2D eigenvalue weighted by Crippen LogP contribution is 2.36. The van der Waals surface area contributed by atoms with Crippen LogP contribution in [0.4, 0.5) is 0 Å². The van der Waals surface area contributed by atoms with Gasteiger partial charge < -0.3 is 16.6 Å². The zero-order valence-corrected chi connectivity index (χ0v) is 8.48. The van der Waals surface area contributed by atoms with Crippen LogP contribution in [-0.2, 0) is 12.0 Å². The number of guanidine groups is 1. The number of aliphatic imine (C=N–C) groups is 1. The summed E-state index contributed by atoms with van der Waals surface area (Å²) < 4.78 is 0. The van der Waals surface area contributed by atoms with Crippen molar-refractivity contribution in [2.45, 2.75) is 18.4 Å². The highest BCUT2D eigenvalue weighted by Gasteiger charge is 2.35. The van der Waals surface area contributed by atoms with Gasteiger partial charge in [0.2, 0.25) is 0 Å². The molecule has 1 aromatic rings. The molecule has 1 aliphatic rings. The molecule has 4 nitrogen and oxygen atoms in total. The maximum Gasteiger partial charge on any atom is 0.186 e. The van der Waals surface area contributed by atoms with Crippen LogP contribution in [0.2, 0.25) is 0 Å². The SMILES string of the molecule is NC(N)=NCC1(O)CCc2ccccc21. The van der Waals surface area contributed by atoms with E-state index in [4.69, 9.17) is 11.5 Å². The van der Waals surface area contributed by atoms with Crippen molar-refractivity contribution in [3.8, 4) is 0 Å². The number of nitrogens with zero attached hydrogens (tertiary/aromatic N) is 1. The molecule has 5 N–H and O–H groups in total. The first-order valence-corrected chi connectivity index (χ1v) is 4.98. The zero-order valence-electron chi connectivity index (χ0n) is 8.48. The molecular weight excluding hydrogens is 190 g/mol. The maximum absolute atomic E-state index is 10.4. The molecule has 0 aliphatic heterocycles. The fourth-order valence-electron chi connectivity index (χ4n) is 2.05. The average molecular weight is 205 g/mol. The van der Waals surface area contributed by atoms with Gasteiger partial charge in [-0.05, 0) is 24.0 Å². The molecule has 2 rings (SSSR count). The summed E-state index contributed by atoms with van der Waals surface area (Å²) in [6.07, 6.45) is 1.57. The lowest BCUT2D eigenvalue weighted by atomic mass is 9.96. The van der Waals surface area contributed by atoms with Crippen molar-refractivity contribution in [2.75, 3.05) is 6.54 Å². The minimum atomic E-state index is -0.888. The molecule has 80 valence electrons. The van der Waals surface area contributed by atoms with Gasteiger partial charge >= 0.3 is 0 Å². The Morgan fingerprint density at radius 3 is 2.87 bits per heavy atom. The third-order valence-electron chi connectivity index (χ3n) is 2.85. The lowest BCUT2D eigenvalue weighted by Gasteiger charge is -2.21. The number of hydrogen-bond donors (Lipinski definition) is 3. The van der Waals surface area contributed by atoms with E-state index in [-0.39, 0.29) is 12.5 Å². The third-order valence-corrected chi connectivity index (χ3v) is 2.85. The van der Waals surface area contributed by atoms with Gasteiger partial charge in [-0.1, -0.05) is 24.3 Å². The van der Waals surface area contributed by atoms with Crippen LogP contribution in [0.3, 0.4) is 0 Å². The highest BCUT2D eigenvalue weighted by atomic mass is 16.3. The van der Waals surface area contributed by atoms with Crippen molar-refractivity contribution in [3.05, 3.63) is 35.4 Å². The van der Waals surface area contributed by atoms with Crippen molar-refractivity contribution < 1.29 is 5.11 Å². The first-order chi connectivity index (χ1) is 7.12. The van der Waals surface area contributed by atoms with Crippen molar-refractivity contribution in [2.24, 2.45) is 16.5 Å². The first kappa shape index (κ1) is 9.98. The van der Waals surface area contributed by atoms with Gasteiger partial charge in [0, 0.05) is 0 Å². The van der Waals surface area contributed by atoms with E-state index in [0.717, 1.165) is 12.0 Å². The van der Waals surface area contributed by atoms with E-state index in [0.29, 0.717) is 6.42 Å². The molecule has 1 aliphatic carbocycles. The maximum atomic E-state index is 10.4. The topological polar surface area (TPSA) is 84.6 Å². The Balaban J connectivity index is 2.28. The summed E-state index contributed by atoms with van der Waals surface area (Å²) in [6, 6.07) is 7.86. The second-order valence-electron chi connectivity index (χ2n) is 3.93. The van der Waals surface area contributed by atoms with Crippen LogP contribution in [0.1, 0.15) is 17.5 Å². The lowest BCUT2D eigenvalue weighted by molar-refractivity contribution is 0.0486. The van der Waals surface area contributed by atoms with Gasteiger partial charge in [-0.25, -0.2) is 0 Å². The predicted molar refractivity (Wildman–Crippen MR) is 59.3 cm³/mol. The van der Waals surface area contributed by atoms with Crippen LogP contribution < -0.4 is 11.5 Å². The van der Waals surface area contributed by atoms with E-state index in [9.17, 15) is 5.11 Å². The van der Waals surface area contributed by atoms with Crippen LogP contribution in [0.25, 0.3) is 0 Å². The van der Waals surface area contributed by atoms with Crippen LogP contribution >= 0.6 is 0 Å². The molecule has 1 aromatic carbocycles. The Morgan fingerprint density at radius 1 is 1.40 bits per heavy atom. The summed E-state index contributed by atoms with van der Waals surface area (Å²) in [5, 5.41) is 10.4. The van der Waals surface area contributed by atoms with E-state index in [2.05, 4.69) is 4.99 Å². The molecule has 0 heterocycles. The molecule has 4 heteroatoms. The third kappa shape index (κ3) is 1.80. The second kappa shape index (κ2) is 3.55. The molecule has 0 saturated heterocycles. The van der Waals surface area contributed by atoms with Crippen molar-refractivity contribution >= 4 is 5.96 Å². The Hall–Kier alpha value is -1.55. The summed E-state index contributed by atoms with van der Waals surface area (Å²) >= 11 is 0. The quantitative estimate of drug-likeness (QED) is 0.472. The summed E-state index contributed by atoms with van der Waals surface area (Å²) in [6.45, 7) is 0.242. The molecule has 15 heavy (non-hydrogen) atoms. The fourth-order valence-corrected chi connectivity index (χ4v) is 2.05. The number of aryl methyl sites for hydroxylation is 1. The summed E-state index contributed by atoms with van der Waals surface area (Å²) in [5.74, 6) is 0.0211. The van der Waals surface area contributed by atoms with Crippen molar-refractivity contribution in [1.29, 1.82) is 0 Å². The van der Waals surface area contributed by atoms with Crippen LogP contribution in [-0.4, -0.2) is 17.6 Å². The Morgan fingerprint density at radius 2 is 2.13 bits per heavy atom. The molecule has 0 radical (unpaired) electrons. The number of nitrogens with two attached hydrogens (primary N) is 2. The normalized spacial score (nSPS) is 23.5. The molecule has 1 atom stereocenters. The van der Waals surface area contributed by atoms with Gasteiger partial charge in [0.25, 0.3) is 0 Å². The van der Waals surface area contributed by atoms with Crippen LogP contribution in [0.5, 0.6) is 0 Å². The van der Waals surface area contributed by atoms with Gasteiger partial charge in [0.1, 0.15) is 5.60 Å². The van der Waals surface area contributed by atoms with E-state index in [1.54, 1.807) is 0 Å². The molecule has 0 amide bonds. The van der Waals surface area contributed by atoms with E-state index in [1.807, 2.05) is 24.3 Å². The van der Waals surface area contributed by atoms with Crippen LogP contribution in [0, 0.1) is 0 Å². The molecule has 0 spiro atoms. The van der Waals surface area contributed by atoms with Gasteiger partial charge in [0.15, 0.2) is 5.96 Å². The number of hydrogen-bond acceptors (Lipinski definition) is 2. The monoisotopic (exact) mass is 205 g/mol. The Bertz CT molecular complexity index is 399. The minimum Gasteiger partial charge on any atom is -0.383 e. The average Bonchev–Trinajstić information content (AvgIpc) is 2.56. The molecule has 0 saturated carbocycles. The number of rotatable bonds is 2. The summed E-state index contributed by atoms with van der Waals surface area (Å²) in [4.78, 5) is 3.90. The largest absolute Gasteiger partial charge is 0.383 e. The minimum absolute atomic E-state index is 0.0211. The predicted octanol–water partition coefficient (Wildman–Crippen LogP) is 0.0938. The number of aliphatic hydroxyl groups is 1. The van der Waals surface area contributed by atoms with E-state index < -0.39 is 5.60 Å². The smallest absolute Gasteiger partial charge is 0.186 e. The zero-order chi connectivity index (χ0) is 10.9. The lowest BCUT2D eigenvalue weighted by Crippen LogP contribution is -2.30. The Labute approximate surface area is 88.6 Å². The number of benzene rings is 1. The molecule has 0 fully saturated rings. The second-order valence-corrected chi connectivity index (χ2v) is 3.93. The fraction of sp³-hybridized carbons (Fsp3) is 0.364. The molecule has 0 bridgehead atoms. The van der Waals surface area contributed by atoms with E-state index >= 15 is 0 Å². The van der Waals surface area contributed by atoms with Gasteiger partial charge in [-0.15, -0.1) is 0 Å². The number of fused-ring (bicyclic) bond motifs is 1. The van der Waals surface area contributed by atoms with Gasteiger partial charge in [0.05, 0.1) is 6.54 Å². The van der Waals surface area contributed by atoms with Crippen molar-refractivity contribution in [3.63, 3.8) is 0 Å².